The van der Waals surface area contributed by atoms with Gasteiger partial charge in [-0.2, -0.15) is 0 Å². The summed E-state index contributed by atoms with van der Waals surface area (Å²) in [6.45, 7) is 0. The van der Waals surface area contributed by atoms with E-state index in [0.29, 0.717) is 17.5 Å². The monoisotopic (exact) mass is 716 g/mol. The molecule has 5 nitrogen and oxygen atoms in total. The molecule has 11 aromatic rings. The largest absolute Gasteiger partial charge is 0.455 e. The van der Waals surface area contributed by atoms with Crippen LogP contribution >= 0.6 is 0 Å². The first kappa shape index (κ1) is 31.9. The molecule has 0 atom stereocenters. The van der Waals surface area contributed by atoms with Gasteiger partial charge in [0, 0.05) is 55.6 Å². The van der Waals surface area contributed by atoms with Crippen LogP contribution in [0.2, 0.25) is 0 Å². The van der Waals surface area contributed by atoms with Crippen molar-refractivity contribution in [2.75, 3.05) is 0 Å². The number of nitrogens with zero attached hydrogens (tertiary/aromatic N) is 4. The third-order valence-corrected chi connectivity index (χ3v) is 10.7. The fraction of sp³-hybridized carbons (Fsp3) is 0. The molecule has 8 aromatic carbocycles. The molecule has 0 saturated carbocycles. The lowest BCUT2D eigenvalue weighted by molar-refractivity contribution is 0.669. The van der Waals surface area contributed by atoms with E-state index < -0.39 is 0 Å². The molecule has 0 aliphatic heterocycles. The van der Waals surface area contributed by atoms with Crippen LogP contribution in [0.25, 0.3) is 106 Å². The predicted molar refractivity (Wildman–Crippen MR) is 229 cm³/mol. The van der Waals surface area contributed by atoms with Crippen LogP contribution in [-0.2, 0) is 0 Å². The molecular formula is C51H32N4O. The second-order valence-corrected chi connectivity index (χ2v) is 14.0. The molecule has 3 heterocycles. The van der Waals surface area contributed by atoms with Gasteiger partial charge in [0.2, 0.25) is 0 Å². The minimum atomic E-state index is 0.621. The van der Waals surface area contributed by atoms with Crippen molar-refractivity contribution in [1.82, 2.24) is 19.5 Å². The average Bonchev–Trinajstić information content (AvgIpc) is 3.82. The van der Waals surface area contributed by atoms with E-state index >= 15 is 0 Å². The van der Waals surface area contributed by atoms with Gasteiger partial charge in [0.1, 0.15) is 11.2 Å². The highest BCUT2D eigenvalue weighted by Crippen LogP contribution is 2.39. The minimum Gasteiger partial charge on any atom is -0.455 e. The van der Waals surface area contributed by atoms with Crippen molar-refractivity contribution >= 4 is 43.7 Å². The first-order valence-corrected chi connectivity index (χ1v) is 18.8. The first-order chi connectivity index (χ1) is 27.7. The van der Waals surface area contributed by atoms with Crippen molar-refractivity contribution in [3.63, 3.8) is 0 Å². The standard InChI is InChI=1S/C51H32N4O/c1-4-14-33(15-5-1)36-20-12-21-37(30-36)50-52-49(35-18-8-3-9-19-35)53-51(54-50)38-26-29-46-44(31-38)41-22-10-11-25-45(41)55(46)39-27-28-42-43-24-13-23-40(34-16-6-2-7-17-34)48(43)56-47(42)32-39/h1-32H. The molecule has 11 rings (SSSR count). The van der Waals surface area contributed by atoms with Gasteiger partial charge in [-0.15, -0.1) is 0 Å². The molecule has 0 radical (unpaired) electrons. The Morgan fingerprint density at radius 3 is 1.68 bits per heavy atom. The maximum absolute atomic E-state index is 6.67. The lowest BCUT2D eigenvalue weighted by atomic mass is 10.0. The summed E-state index contributed by atoms with van der Waals surface area (Å²) >= 11 is 0. The van der Waals surface area contributed by atoms with E-state index in [1.165, 1.54) is 0 Å². The summed E-state index contributed by atoms with van der Waals surface area (Å²) in [5.41, 5.74) is 12.2. The van der Waals surface area contributed by atoms with Crippen LogP contribution in [0.1, 0.15) is 0 Å². The van der Waals surface area contributed by atoms with Crippen molar-refractivity contribution in [1.29, 1.82) is 0 Å². The van der Waals surface area contributed by atoms with E-state index in [1.54, 1.807) is 0 Å². The smallest absolute Gasteiger partial charge is 0.164 e. The molecule has 3 aromatic heterocycles. The zero-order valence-electron chi connectivity index (χ0n) is 30.2. The van der Waals surface area contributed by atoms with Gasteiger partial charge in [-0.3, -0.25) is 0 Å². The van der Waals surface area contributed by atoms with Crippen LogP contribution in [0.4, 0.5) is 0 Å². The highest BCUT2D eigenvalue weighted by molar-refractivity contribution is 6.12. The third kappa shape index (κ3) is 5.37. The quantitative estimate of drug-likeness (QED) is 0.172. The molecule has 262 valence electrons. The van der Waals surface area contributed by atoms with E-state index in [-0.39, 0.29) is 0 Å². The first-order valence-electron chi connectivity index (χ1n) is 18.8. The van der Waals surface area contributed by atoms with Gasteiger partial charge in [0.25, 0.3) is 0 Å². The van der Waals surface area contributed by atoms with E-state index in [1.807, 2.05) is 42.5 Å². The molecule has 0 saturated heterocycles. The Bertz CT molecular complexity index is 3240. The Balaban J connectivity index is 1.06. The van der Waals surface area contributed by atoms with Crippen LogP contribution < -0.4 is 0 Å². The van der Waals surface area contributed by atoms with Gasteiger partial charge in [0.05, 0.1) is 11.0 Å². The fourth-order valence-corrected chi connectivity index (χ4v) is 7.98. The summed E-state index contributed by atoms with van der Waals surface area (Å²) in [7, 11) is 0. The number of hydrogen-bond donors (Lipinski definition) is 0. The number of fused-ring (bicyclic) bond motifs is 6. The Morgan fingerprint density at radius 2 is 0.911 bits per heavy atom. The Morgan fingerprint density at radius 1 is 0.339 bits per heavy atom. The Hall–Kier alpha value is -7.63. The minimum absolute atomic E-state index is 0.621. The van der Waals surface area contributed by atoms with Crippen molar-refractivity contribution in [2.24, 2.45) is 0 Å². The predicted octanol–water partition coefficient (Wildman–Crippen LogP) is 13.2. The maximum Gasteiger partial charge on any atom is 0.164 e. The lowest BCUT2D eigenvalue weighted by Gasteiger charge is -2.10. The molecule has 0 unspecified atom stereocenters. The summed E-state index contributed by atoms with van der Waals surface area (Å²) < 4.78 is 8.99. The molecule has 0 bridgehead atoms. The molecule has 0 fully saturated rings. The average molecular weight is 717 g/mol. The van der Waals surface area contributed by atoms with Gasteiger partial charge in [-0.1, -0.05) is 146 Å². The molecule has 5 heteroatoms. The Labute approximate surface area is 322 Å². The number of furan rings is 1. The van der Waals surface area contributed by atoms with Crippen LogP contribution in [0, 0.1) is 0 Å². The van der Waals surface area contributed by atoms with E-state index in [0.717, 1.165) is 88.4 Å². The molecule has 0 amide bonds. The second-order valence-electron chi connectivity index (χ2n) is 14.0. The van der Waals surface area contributed by atoms with Crippen LogP contribution in [0.5, 0.6) is 0 Å². The van der Waals surface area contributed by atoms with Crippen molar-refractivity contribution in [3.05, 3.63) is 194 Å². The summed E-state index contributed by atoms with van der Waals surface area (Å²) in [5.74, 6) is 1.88. The van der Waals surface area contributed by atoms with Crippen LogP contribution in [0.3, 0.4) is 0 Å². The summed E-state index contributed by atoms with van der Waals surface area (Å²) in [5, 5.41) is 4.47. The third-order valence-electron chi connectivity index (χ3n) is 10.7. The van der Waals surface area contributed by atoms with Gasteiger partial charge in [0.15, 0.2) is 17.5 Å². The van der Waals surface area contributed by atoms with E-state index in [2.05, 4.69) is 156 Å². The maximum atomic E-state index is 6.67. The second kappa shape index (κ2) is 13.0. The summed E-state index contributed by atoms with van der Waals surface area (Å²) in [6.07, 6.45) is 0. The van der Waals surface area contributed by atoms with Crippen LogP contribution in [0.15, 0.2) is 199 Å². The molecular weight excluding hydrogens is 685 g/mol. The Kier molecular flexibility index (Phi) is 7.42. The fourth-order valence-electron chi connectivity index (χ4n) is 7.98. The number of rotatable bonds is 6. The number of aromatic nitrogens is 4. The molecule has 0 aliphatic carbocycles. The zero-order valence-corrected chi connectivity index (χ0v) is 30.2. The highest BCUT2D eigenvalue weighted by Gasteiger charge is 2.19. The van der Waals surface area contributed by atoms with Crippen molar-refractivity contribution in [2.45, 2.75) is 0 Å². The zero-order chi connectivity index (χ0) is 37.0. The molecule has 0 spiro atoms. The van der Waals surface area contributed by atoms with Crippen molar-refractivity contribution in [3.8, 4) is 62.1 Å². The summed E-state index contributed by atoms with van der Waals surface area (Å²) in [6, 6.07) is 67.4. The number of hydrogen-bond acceptors (Lipinski definition) is 4. The number of benzene rings is 8. The summed E-state index contributed by atoms with van der Waals surface area (Å²) in [4.78, 5) is 15.2. The van der Waals surface area contributed by atoms with Gasteiger partial charge in [-0.05, 0) is 59.2 Å². The van der Waals surface area contributed by atoms with Crippen LogP contribution in [-0.4, -0.2) is 19.5 Å². The molecule has 0 aliphatic rings. The SMILES string of the molecule is c1ccc(-c2cccc(-c3nc(-c4ccccc4)nc(-c4ccc5c(c4)c4ccccc4n5-c4ccc5c(c4)oc4c(-c6ccccc6)cccc45)n3)c2)cc1. The van der Waals surface area contributed by atoms with Crippen molar-refractivity contribution < 1.29 is 4.42 Å². The van der Waals surface area contributed by atoms with Gasteiger partial charge < -0.3 is 8.98 Å². The number of para-hydroxylation sites is 2. The topological polar surface area (TPSA) is 56.7 Å². The highest BCUT2D eigenvalue weighted by atomic mass is 16.3. The van der Waals surface area contributed by atoms with E-state index in [4.69, 9.17) is 19.4 Å². The van der Waals surface area contributed by atoms with Gasteiger partial charge in [-0.25, -0.2) is 15.0 Å². The normalized spacial score (nSPS) is 11.6. The lowest BCUT2D eigenvalue weighted by Crippen LogP contribution is -2.00. The van der Waals surface area contributed by atoms with E-state index in [9.17, 15) is 0 Å². The molecule has 0 N–H and O–H groups in total. The van der Waals surface area contributed by atoms with Gasteiger partial charge >= 0.3 is 0 Å². The molecule has 56 heavy (non-hydrogen) atoms.